The second-order valence-electron chi connectivity index (χ2n) is 5.30. The third-order valence-corrected chi connectivity index (χ3v) is 3.44. The van der Waals surface area contributed by atoms with E-state index in [0.717, 1.165) is 19.5 Å². The Hall–Kier alpha value is -1.55. The van der Waals surface area contributed by atoms with Crippen molar-refractivity contribution in [2.24, 2.45) is 11.5 Å². The summed E-state index contributed by atoms with van der Waals surface area (Å²) in [6, 6.07) is 8.41. The van der Waals surface area contributed by atoms with Gasteiger partial charge in [-0.15, -0.1) is 0 Å². The predicted octanol–water partition coefficient (Wildman–Crippen LogP) is 1.80. The molecule has 1 amide bonds. The Morgan fingerprint density at radius 3 is 2.63 bits per heavy atom. The van der Waals surface area contributed by atoms with Crippen molar-refractivity contribution in [3.05, 3.63) is 29.8 Å². The van der Waals surface area contributed by atoms with E-state index in [1.807, 2.05) is 0 Å². The van der Waals surface area contributed by atoms with Gasteiger partial charge in [-0.25, -0.2) is 0 Å². The van der Waals surface area contributed by atoms with E-state index in [9.17, 15) is 4.79 Å². The molecule has 1 aromatic carbocycles. The third kappa shape index (κ3) is 4.56. The van der Waals surface area contributed by atoms with E-state index in [0.29, 0.717) is 6.42 Å². The highest BCUT2D eigenvalue weighted by atomic mass is 16.1. The van der Waals surface area contributed by atoms with Crippen molar-refractivity contribution >= 4 is 11.6 Å². The molecule has 0 saturated carbocycles. The summed E-state index contributed by atoms with van der Waals surface area (Å²) in [6.07, 6.45) is 1.45. The van der Waals surface area contributed by atoms with Gasteiger partial charge in [0.15, 0.2) is 0 Å². The molecule has 1 aromatic rings. The van der Waals surface area contributed by atoms with Crippen LogP contribution in [0.1, 0.15) is 32.3 Å². The normalized spacial score (nSPS) is 13.9. The van der Waals surface area contributed by atoms with Crippen molar-refractivity contribution in [2.75, 3.05) is 18.0 Å². The van der Waals surface area contributed by atoms with Crippen LogP contribution in [0, 0.1) is 6.92 Å². The maximum Gasteiger partial charge on any atom is 0.237 e. The van der Waals surface area contributed by atoms with Crippen molar-refractivity contribution in [3.63, 3.8) is 0 Å². The van der Waals surface area contributed by atoms with Gasteiger partial charge in [0.25, 0.3) is 0 Å². The standard InChI is InChI=1S/C15H25N3O/c1-4-18(13-8-5-7-12(2)11-13)10-6-9-15(3,17)14(16)19/h5,7-8,11H,4,6,9-10,17H2,1-3H3,(H2,16,19). The minimum absolute atomic E-state index is 0.439. The minimum Gasteiger partial charge on any atom is -0.372 e. The number of hydrogen-bond acceptors (Lipinski definition) is 3. The Morgan fingerprint density at radius 2 is 2.11 bits per heavy atom. The Balaban J connectivity index is 2.57. The van der Waals surface area contributed by atoms with Crippen LogP contribution in [0.15, 0.2) is 24.3 Å². The van der Waals surface area contributed by atoms with E-state index >= 15 is 0 Å². The van der Waals surface area contributed by atoms with Crippen LogP contribution in [0.2, 0.25) is 0 Å². The van der Waals surface area contributed by atoms with E-state index in [-0.39, 0.29) is 0 Å². The van der Waals surface area contributed by atoms with Gasteiger partial charge in [-0.2, -0.15) is 0 Å². The Bertz CT molecular complexity index is 429. The summed E-state index contributed by atoms with van der Waals surface area (Å²) in [7, 11) is 0. The first-order valence-corrected chi connectivity index (χ1v) is 6.77. The molecule has 19 heavy (non-hydrogen) atoms. The smallest absolute Gasteiger partial charge is 0.237 e. The molecular weight excluding hydrogens is 238 g/mol. The average molecular weight is 263 g/mol. The molecule has 0 saturated heterocycles. The molecular formula is C15H25N3O. The van der Waals surface area contributed by atoms with Crippen LogP contribution in [0.5, 0.6) is 0 Å². The van der Waals surface area contributed by atoms with Crippen LogP contribution < -0.4 is 16.4 Å². The summed E-state index contributed by atoms with van der Waals surface area (Å²) in [5.41, 5.74) is 12.7. The molecule has 4 heteroatoms. The highest BCUT2D eigenvalue weighted by Crippen LogP contribution is 2.17. The van der Waals surface area contributed by atoms with Gasteiger partial charge in [0.05, 0.1) is 5.54 Å². The number of aryl methyl sites for hydroxylation is 1. The molecule has 0 aliphatic carbocycles. The fraction of sp³-hybridized carbons (Fsp3) is 0.533. The van der Waals surface area contributed by atoms with Gasteiger partial charge in [-0.05, 0) is 51.3 Å². The first kappa shape index (κ1) is 15.5. The Morgan fingerprint density at radius 1 is 1.42 bits per heavy atom. The fourth-order valence-electron chi connectivity index (χ4n) is 2.05. The van der Waals surface area contributed by atoms with Gasteiger partial charge in [0, 0.05) is 18.8 Å². The van der Waals surface area contributed by atoms with Gasteiger partial charge in [0.2, 0.25) is 5.91 Å². The zero-order valence-corrected chi connectivity index (χ0v) is 12.1. The van der Waals surface area contributed by atoms with E-state index in [4.69, 9.17) is 11.5 Å². The van der Waals surface area contributed by atoms with Crippen molar-refractivity contribution in [1.29, 1.82) is 0 Å². The molecule has 1 rings (SSSR count). The number of rotatable bonds is 7. The van der Waals surface area contributed by atoms with Crippen molar-refractivity contribution in [3.8, 4) is 0 Å². The summed E-state index contributed by atoms with van der Waals surface area (Å²) < 4.78 is 0. The number of carbonyl (C=O) groups excluding carboxylic acids is 1. The first-order chi connectivity index (χ1) is 8.86. The Labute approximate surface area is 115 Å². The zero-order chi connectivity index (χ0) is 14.5. The summed E-state index contributed by atoms with van der Waals surface area (Å²) in [4.78, 5) is 13.4. The number of hydrogen-bond donors (Lipinski definition) is 2. The largest absolute Gasteiger partial charge is 0.372 e. The topological polar surface area (TPSA) is 72.3 Å². The van der Waals surface area contributed by atoms with Gasteiger partial charge in [0.1, 0.15) is 0 Å². The molecule has 0 bridgehead atoms. The Kier molecular flexibility index (Phi) is 5.36. The lowest BCUT2D eigenvalue weighted by atomic mass is 9.96. The van der Waals surface area contributed by atoms with Crippen LogP contribution >= 0.6 is 0 Å². The van der Waals surface area contributed by atoms with Crippen LogP contribution in [0.4, 0.5) is 5.69 Å². The van der Waals surface area contributed by atoms with E-state index in [1.54, 1.807) is 6.92 Å². The minimum atomic E-state index is -0.911. The zero-order valence-electron chi connectivity index (χ0n) is 12.1. The van der Waals surface area contributed by atoms with E-state index in [2.05, 4.69) is 43.0 Å². The highest BCUT2D eigenvalue weighted by Gasteiger charge is 2.24. The quantitative estimate of drug-likeness (QED) is 0.788. The molecule has 0 aliphatic rings. The number of primary amides is 1. The molecule has 0 aliphatic heterocycles. The lowest BCUT2D eigenvalue weighted by molar-refractivity contribution is -0.122. The third-order valence-electron chi connectivity index (χ3n) is 3.44. The molecule has 4 N–H and O–H groups in total. The molecule has 0 fully saturated rings. The predicted molar refractivity (Wildman–Crippen MR) is 80.1 cm³/mol. The summed E-state index contributed by atoms with van der Waals surface area (Å²) in [5, 5.41) is 0. The lowest BCUT2D eigenvalue weighted by Gasteiger charge is -2.26. The van der Waals surface area contributed by atoms with Crippen LogP contribution in [0.25, 0.3) is 0 Å². The molecule has 0 heterocycles. The first-order valence-electron chi connectivity index (χ1n) is 6.77. The second kappa shape index (κ2) is 6.57. The summed E-state index contributed by atoms with van der Waals surface area (Å²) in [6.45, 7) is 7.71. The average Bonchev–Trinajstić information content (AvgIpc) is 2.34. The van der Waals surface area contributed by atoms with E-state index < -0.39 is 11.4 Å². The summed E-state index contributed by atoms with van der Waals surface area (Å²) in [5.74, 6) is -0.439. The van der Waals surface area contributed by atoms with Crippen molar-refractivity contribution in [1.82, 2.24) is 0 Å². The number of nitrogens with zero attached hydrogens (tertiary/aromatic N) is 1. The number of benzene rings is 1. The SMILES string of the molecule is CCN(CCCC(C)(N)C(N)=O)c1cccc(C)c1. The molecule has 0 radical (unpaired) electrons. The van der Waals surface area contributed by atoms with Crippen molar-refractivity contribution in [2.45, 2.75) is 39.2 Å². The number of anilines is 1. The van der Waals surface area contributed by atoms with Gasteiger partial charge >= 0.3 is 0 Å². The monoisotopic (exact) mass is 263 g/mol. The molecule has 0 spiro atoms. The van der Waals surface area contributed by atoms with Crippen LogP contribution in [0.3, 0.4) is 0 Å². The number of nitrogens with two attached hydrogens (primary N) is 2. The summed E-state index contributed by atoms with van der Waals surface area (Å²) >= 11 is 0. The van der Waals surface area contributed by atoms with Crippen LogP contribution in [-0.4, -0.2) is 24.5 Å². The van der Waals surface area contributed by atoms with Gasteiger partial charge < -0.3 is 16.4 Å². The van der Waals surface area contributed by atoms with Gasteiger partial charge in [-0.3, -0.25) is 4.79 Å². The molecule has 0 aromatic heterocycles. The lowest BCUT2D eigenvalue weighted by Crippen LogP contribution is -2.49. The maximum atomic E-state index is 11.2. The van der Waals surface area contributed by atoms with Crippen LogP contribution in [-0.2, 0) is 4.79 Å². The molecule has 1 atom stereocenters. The van der Waals surface area contributed by atoms with Crippen molar-refractivity contribution < 1.29 is 4.79 Å². The maximum absolute atomic E-state index is 11.2. The van der Waals surface area contributed by atoms with Gasteiger partial charge in [-0.1, -0.05) is 12.1 Å². The van der Waals surface area contributed by atoms with E-state index in [1.165, 1.54) is 11.3 Å². The molecule has 4 nitrogen and oxygen atoms in total. The number of amides is 1. The molecule has 106 valence electrons. The molecule has 1 unspecified atom stereocenters. The number of carbonyl (C=O) groups is 1. The fourth-order valence-corrected chi connectivity index (χ4v) is 2.05. The highest BCUT2D eigenvalue weighted by molar-refractivity contribution is 5.83. The second-order valence-corrected chi connectivity index (χ2v) is 5.30.